The van der Waals surface area contributed by atoms with E-state index < -0.39 is 0 Å². The van der Waals surface area contributed by atoms with E-state index in [0.717, 1.165) is 39.0 Å². The number of nitrogens with one attached hydrogen (secondary N) is 1. The van der Waals surface area contributed by atoms with Crippen LogP contribution in [0.4, 0.5) is 4.39 Å². The summed E-state index contributed by atoms with van der Waals surface area (Å²) in [4.78, 5) is 0. The fourth-order valence-electron chi connectivity index (χ4n) is 1.82. The Morgan fingerprint density at radius 1 is 1.22 bits per heavy atom. The lowest BCUT2D eigenvalue weighted by Crippen LogP contribution is -2.29. The summed E-state index contributed by atoms with van der Waals surface area (Å²) < 4.78 is 18.2. The van der Waals surface area contributed by atoms with E-state index in [1.165, 1.54) is 17.7 Å². The van der Waals surface area contributed by atoms with E-state index in [1.807, 2.05) is 12.1 Å². The number of hydrogen-bond donors (Lipinski definition) is 1. The highest BCUT2D eigenvalue weighted by molar-refractivity contribution is 5.16. The first-order valence-electron chi connectivity index (χ1n) is 6.78. The fourth-order valence-corrected chi connectivity index (χ4v) is 1.82. The van der Waals surface area contributed by atoms with Crippen molar-refractivity contribution in [3.63, 3.8) is 0 Å². The van der Waals surface area contributed by atoms with E-state index >= 15 is 0 Å². The van der Waals surface area contributed by atoms with Gasteiger partial charge < -0.3 is 10.1 Å². The van der Waals surface area contributed by atoms with Crippen LogP contribution in [0.5, 0.6) is 0 Å². The lowest BCUT2D eigenvalue weighted by molar-refractivity contribution is 0.132. The molecule has 0 aliphatic heterocycles. The molecule has 2 nitrogen and oxygen atoms in total. The number of ether oxygens (including phenoxy) is 1. The summed E-state index contributed by atoms with van der Waals surface area (Å²) in [6, 6.07) is 7.12. The van der Waals surface area contributed by atoms with Crippen LogP contribution in [0, 0.1) is 5.82 Å². The average molecular weight is 253 g/mol. The highest BCUT2D eigenvalue weighted by Crippen LogP contribution is 2.05. The SMILES string of the molecule is CCCOCCCNC(C)Cc1ccc(F)cc1. The number of benzene rings is 1. The van der Waals surface area contributed by atoms with Gasteiger partial charge in [0.05, 0.1) is 0 Å². The maximum Gasteiger partial charge on any atom is 0.123 e. The second-order valence-corrected chi connectivity index (χ2v) is 4.65. The highest BCUT2D eigenvalue weighted by Gasteiger charge is 2.02. The van der Waals surface area contributed by atoms with Gasteiger partial charge in [0.1, 0.15) is 5.82 Å². The van der Waals surface area contributed by atoms with E-state index in [0.29, 0.717) is 6.04 Å². The maximum atomic E-state index is 12.7. The van der Waals surface area contributed by atoms with Crippen LogP contribution in [0.3, 0.4) is 0 Å². The third kappa shape index (κ3) is 6.72. The van der Waals surface area contributed by atoms with Crippen LogP contribution in [0.25, 0.3) is 0 Å². The average Bonchev–Trinajstić information content (AvgIpc) is 2.36. The van der Waals surface area contributed by atoms with E-state index in [4.69, 9.17) is 4.74 Å². The second kappa shape index (κ2) is 9.06. The molecule has 0 aromatic heterocycles. The third-order valence-corrected chi connectivity index (χ3v) is 2.76. The molecule has 0 aliphatic rings. The van der Waals surface area contributed by atoms with Crippen molar-refractivity contribution >= 4 is 0 Å². The first-order valence-corrected chi connectivity index (χ1v) is 6.78. The standard InChI is InChI=1S/C15H24FNO/c1-3-10-18-11-4-9-17-13(2)12-14-5-7-15(16)8-6-14/h5-8,13,17H,3-4,9-12H2,1-2H3. The van der Waals surface area contributed by atoms with Gasteiger partial charge in [0, 0.05) is 19.3 Å². The van der Waals surface area contributed by atoms with Gasteiger partial charge in [-0.2, -0.15) is 0 Å². The zero-order valence-corrected chi connectivity index (χ0v) is 11.4. The molecule has 0 fully saturated rings. The molecule has 1 unspecified atom stereocenters. The molecule has 0 heterocycles. The molecule has 18 heavy (non-hydrogen) atoms. The first kappa shape index (κ1) is 15.1. The minimum absolute atomic E-state index is 0.174. The Balaban J connectivity index is 2.10. The highest BCUT2D eigenvalue weighted by atomic mass is 19.1. The van der Waals surface area contributed by atoms with Gasteiger partial charge in [-0.1, -0.05) is 19.1 Å². The lowest BCUT2D eigenvalue weighted by Gasteiger charge is -2.13. The molecular weight excluding hydrogens is 229 g/mol. The fraction of sp³-hybridized carbons (Fsp3) is 0.600. The molecule has 0 bridgehead atoms. The number of halogens is 1. The Morgan fingerprint density at radius 2 is 1.94 bits per heavy atom. The largest absolute Gasteiger partial charge is 0.381 e. The van der Waals surface area contributed by atoms with Crippen LogP contribution in [0.1, 0.15) is 32.3 Å². The van der Waals surface area contributed by atoms with Crippen LogP contribution in [0.2, 0.25) is 0 Å². The van der Waals surface area contributed by atoms with Crippen LogP contribution < -0.4 is 5.32 Å². The molecule has 1 N–H and O–H groups in total. The van der Waals surface area contributed by atoms with E-state index in [-0.39, 0.29) is 5.82 Å². The molecule has 0 saturated heterocycles. The summed E-state index contributed by atoms with van der Waals surface area (Å²) in [5, 5.41) is 3.45. The van der Waals surface area contributed by atoms with Gasteiger partial charge >= 0.3 is 0 Å². The van der Waals surface area contributed by atoms with E-state index in [1.54, 1.807) is 0 Å². The van der Waals surface area contributed by atoms with Crippen molar-refractivity contribution in [2.45, 2.75) is 39.2 Å². The summed E-state index contributed by atoms with van der Waals surface area (Å²) in [6.45, 7) is 6.90. The molecule has 0 aliphatic carbocycles. The molecule has 102 valence electrons. The van der Waals surface area contributed by atoms with Gasteiger partial charge in [-0.3, -0.25) is 0 Å². The Bertz CT molecular complexity index is 313. The van der Waals surface area contributed by atoms with E-state index in [9.17, 15) is 4.39 Å². The predicted octanol–water partition coefficient (Wildman–Crippen LogP) is 3.16. The van der Waals surface area contributed by atoms with Crippen molar-refractivity contribution in [1.82, 2.24) is 5.32 Å². The second-order valence-electron chi connectivity index (χ2n) is 4.65. The van der Waals surface area contributed by atoms with Crippen LogP contribution >= 0.6 is 0 Å². The Morgan fingerprint density at radius 3 is 2.61 bits per heavy atom. The third-order valence-electron chi connectivity index (χ3n) is 2.76. The quantitative estimate of drug-likeness (QED) is 0.683. The zero-order chi connectivity index (χ0) is 13.2. The van der Waals surface area contributed by atoms with Crippen molar-refractivity contribution < 1.29 is 9.13 Å². The number of hydrogen-bond acceptors (Lipinski definition) is 2. The number of rotatable bonds is 9. The summed E-state index contributed by atoms with van der Waals surface area (Å²) in [7, 11) is 0. The van der Waals surface area contributed by atoms with Gasteiger partial charge in [0.2, 0.25) is 0 Å². The van der Waals surface area contributed by atoms with Gasteiger partial charge in [0.25, 0.3) is 0 Å². The van der Waals surface area contributed by atoms with Gasteiger partial charge in [0.15, 0.2) is 0 Å². The predicted molar refractivity (Wildman–Crippen MR) is 73.3 cm³/mol. The van der Waals surface area contributed by atoms with Crippen molar-refractivity contribution in [3.8, 4) is 0 Å². The molecule has 1 atom stereocenters. The molecule has 0 amide bonds. The minimum atomic E-state index is -0.174. The van der Waals surface area contributed by atoms with E-state index in [2.05, 4.69) is 19.2 Å². The maximum absolute atomic E-state index is 12.7. The molecule has 0 saturated carbocycles. The molecule has 0 spiro atoms. The Hall–Kier alpha value is -0.930. The minimum Gasteiger partial charge on any atom is -0.381 e. The van der Waals surface area contributed by atoms with Crippen molar-refractivity contribution in [2.24, 2.45) is 0 Å². The van der Waals surface area contributed by atoms with Gasteiger partial charge in [-0.25, -0.2) is 4.39 Å². The van der Waals surface area contributed by atoms with Crippen LogP contribution in [-0.2, 0) is 11.2 Å². The topological polar surface area (TPSA) is 21.3 Å². The smallest absolute Gasteiger partial charge is 0.123 e. The normalized spacial score (nSPS) is 12.6. The summed E-state index contributed by atoms with van der Waals surface area (Å²) in [5.41, 5.74) is 1.17. The van der Waals surface area contributed by atoms with Crippen molar-refractivity contribution in [3.05, 3.63) is 35.6 Å². The Kier molecular flexibility index (Phi) is 7.62. The van der Waals surface area contributed by atoms with Gasteiger partial charge in [-0.05, 0) is 50.4 Å². The van der Waals surface area contributed by atoms with Crippen molar-refractivity contribution in [2.75, 3.05) is 19.8 Å². The molecule has 3 heteroatoms. The molecular formula is C15H24FNO. The van der Waals surface area contributed by atoms with Crippen molar-refractivity contribution in [1.29, 1.82) is 0 Å². The summed E-state index contributed by atoms with van der Waals surface area (Å²) >= 11 is 0. The molecule has 1 rings (SSSR count). The first-order chi connectivity index (χ1) is 8.72. The molecule has 0 radical (unpaired) electrons. The van der Waals surface area contributed by atoms with Crippen LogP contribution in [0.15, 0.2) is 24.3 Å². The Labute approximate surface area is 110 Å². The summed E-state index contributed by atoms with van der Waals surface area (Å²) in [5.74, 6) is -0.174. The lowest BCUT2D eigenvalue weighted by atomic mass is 10.1. The van der Waals surface area contributed by atoms with Crippen LogP contribution in [-0.4, -0.2) is 25.8 Å². The molecule has 1 aromatic carbocycles. The zero-order valence-electron chi connectivity index (χ0n) is 11.4. The van der Waals surface area contributed by atoms with Gasteiger partial charge in [-0.15, -0.1) is 0 Å². The molecule has 1 aromatic rings. The monoisotopic (exact) mass is 253 g/mol. The summed E-state index contributed by atoms with van der Waals surface area (Å²) in [6.07, 6.45) is 3.04.